The van der Waals surface area contributed by atoms with E-state index in [0.717, 1.165) is 5.56 Å². The van der Waals surface area contributed by atoms with Gasteiger partial charge < -0.3 is 0 Å². The Bertz CT molecular complexity index is 223. The molecule has 0 aliphatic heterocycles. The van der Waals surface area contributed by atoms with Gasteiger partial charge in [0.2, 0.25) is 0 Å². The molecule has 0 aliphatic rings. The number of carbonyl (C=O) groups is 1. The van der Waals surface area contributed by atoms with Crippen molar-refractivity contribution in [3.63, 3.8) is 0 Å². The zero-order valence-corrected chi connectivity index (χ0v) is 8.47. The Labute approximate surface area is 82.0 Å². The summed E-state index contributed by atoms with van der Waals surface area (Å²) in [6.07, 6.45) is 0. The van der Waals surface area contributed by atoms with Crippen molar-refractivity contribution in [2.24, 2.45) is 0 Å². The van der Waals surface area contributed by atoms with E-state index in [2.05, 4.69) is 12.6 Å². The topological polar surface area (TPSA) is 17.1 Å². The van der Waals surface area contributed by atoms with Gasteiger partial charge in [-0.15, -0.1) is 17.0 Å². The zero-order valence-electron chi connectivity index (χ0n) is 5.86. The second kappa shape index (κ2) is 5.38. The van der Waals surface area contributed by atoms with Crippen LogP contribution in [0.4, 0.5) is 0 Å². The molecule has 1 aromatic rings. The first-order chi connectivity index (χ1) is 4.84. The first-order valence-corrected chi connectivity index (χ1v) is 3.67. The van der Waals surface area contributed by atoms with E-state index < -0.39 is 0 Å². The summed E-state index contributed by atoms with van der Waals surface area (Å²) >= 11 is 3.88. The summed E-state index contributed by atoms with van der Waals surface area (Å²) in [6, 6.07) is 9.15. The minimum atomic E-state index is 0. The molecule has 1 rings (SSSR count). The lowest BCUT2D eigenvalue weighted by Crippen LogP contribution is -1.98. The fourth-order valence-corrected chi connectivity index (χ4v) is 0.898. The molecule has 0 saturated carbocycles. The van der Waals surface area contributed by atoms with Gasteiger partial charge in [0.15, 0.2) is 5.78 Å². The summed E-state index contributed by atoms with van der Waals surface area (Å²) < 4.78 is 0. The number of halogens is 1. The molecule has 0 bridgehead atoms. The molecule has 60 valence electrons. The fraction of sp³-hybridized carbons (Fsp3) is 0.125. The highest BCUT2D eigenvalue weighted by Crippen LogP contribution is 1.99. The predicted molar refractivity (Wildman–Crippen MR) is 54.9 cm³/mol. The van der Waals surface area contributed by atoms with E-state index >= 15 is 0 Å². The lowest BCUT2D eigenvalue weighted by molar-refractivity contribution is 0.102. The van der Waals surface area contributed by atoms with Crippen molar-refractivity contribution in [3.8, 4) is 0 Å². The molecule has 0 unspecified atom stereocenters. The average Bonchev–Trinajstić information content (AvgIpc) is 2.05. The molecule has 0 aliphatic carbocycles. The largest absolute Gasteiger partial charge is 0.293 e. The van der Waals surface area contributed by atoms with Crippen LogP contribution in [0.3, 0.4) is 0 Å². The SMILES string of the molecule is Br.O=C(CS)c1ccccc1. The van der Waals surface area contributed by atoms with Crippen molar-refractivity contribution in [2.45, 2.75) is 0 Å². The zero-order chi connectivity index (χ0) is 7.40. The second-order valence-electron chi connectivity index (χ2n) is 1.95. The van der Waals surface area contributed by atoms with Gasteiger partial charge in [0.25, 0.3) is 0 Å². The quantitative estimate of drug-likeness (QED) is 0.613. The van der Waals surface area contributed by atoms with Gasteiger partial charge in [-0.2, -0.15) is 12.6 Å². The number of hydrogen-bond acceptors (Lipinski definition) is 2. The number of Topliss-reactive ketones (excluding diaryl/α,β-unsaturated/α-hetero) is 1. The van der Waals surface area contributed by atoms with Crippen LogP contribution < -0.4 is 0 Å². The standard InChI is InChI=1S/C8H8OS.BrH/c9-8(6-10)7-4-2-1-3-5-7;/h1-5,10H,6H2;1H. The van der Waals surface area contributed by atoms with Gasteiger partial charge in [0.1, 0.15) is 0 Å². The molecule has 0 amide bonds. The Kier molecular flexibility index (Phi) is 5.24. The molecule has 0 N–H and O–H groups in total. The molecule has 0 spiro atoms. The van der Waals surface area contributed by atoms with E-state index in [1.165, 1.54) is 0 Å². The summed E-state index contributed by atoms with van der Waals surface area (Å²) in [5.41, 5.74) is 0.734. The predicted octanol–water partition coefficient (Wildman–Crippen LogP) is 2.38. The van der Waals surface area contributed by atoms with E-state index in [0.29, 0.717) is 0 Å². The lowest BCUT2D eigenvalue weighted by atomic mass is 10.2. The third kappa shape index (κ3) is 3.08. The summed E-state index contributed by atoms with van der Waals surface area (Å²) in [5, 5.41) is 0. The Morgan fingerprint density at radius 3 is 2.27 bits per heavy atom. The van der Waals surface area contributed by atoms with Gasteiger partial charge in [-0.3, -0.25) is 4.79 Å². The molecule has 0 radical (unpaired) electrons. The van der Waals surface area contributed by atoms with Crippen LogP contribution >= 0.6 is 29.6 Å². The summed E-state index contributed by atoms with van der Waals surface area (Å²) in [7, 11) is 0. The monoisotopic (exact) mass is 232 g/mol. The molecule has 0 aromatic heterocycles. The number of thiol groups is 1. The van der Waals surface area contributed by atoms with Crippen LogP contribution in [0.25, 0.3) is 0 Å². The molecule has 0 heterocycles. The molecular formula is C8H9BrOS. The Morgan fingerprint density at radius 1 is 1.27 bits per heavy atom. The highest BCUT2D eigenvalue weighted by molar-refractivity contribution is 8.93. The number of benzene rings is 1. The molecule has 0 saturated heterocycles. The van der Waals surface area contributed by atoms with Crippen LogP contribution in [0.1, 0.15) is 10.4 Å². The highest BCUT2D eigenvalue weighted by atomic mass is 79.9. The summed E-state index contributed by atoms with van der Waals surface area (Å²) in [6.45, 7) is 0. The molecule has 1 nitrogen and oxygen atoms in total. The maximum Gasteiger partial charge on any atom is 0.172 e. The van der Waals surface area contributed by atoms with Crippen LogP contribution in [0.5, 0.6) is 0 Å². The van der Waals surface area contributed by atoms with E-state index in [-0.39, 0.29) is 28.5 Å². The van der Waals surface area contributed by atoms with Crippen LogP contribution in [0.2, 0.25) is 0 Å². The van der Waals surface area contributed by atoms with Crippen LogP contribution in [0.15, 0.2) is 30.3 Å². The van der Waals surface area contributed by atoms with Crippen molar-refractivity contribution in [3.05, 3.63) is 35.9 Å². The minimum Gasteiger partial charge on any atom is -0.293 e. The molecule has 0 fully saturated rings. The average molecular weight is 233 g/mol. The molecule has 3 heteroatoms. The Balaban J connectivity index is 0.000001000. The van der Waals surface area contributed by atoms with Gasteiger partial charge in [-0.05, 0) is 0 Å². The molecule has 1 aromatic carbocycles. The molecular weight excluding hydrogens is 224 g/mol. The van der Waals surface area contributed by atoms with E-state index in [1.807, 2.05) is 18.2 Å². The second-order valence-corrected chi connectivity index (χ2v) is 2.26. The first-order valence-electron chi connectivity index (χ1n) is 3.03. The van der Waals surface area contributed by atoms with Crippen molar-refractivity contribution >= 4 is 35.4 Å². The third-order valence-electron chi connectivity index (χ3n) is 1.24. The number of hydrogen-bond donors (Lipinski definition) is 1. The smallest absolute Gasteiger partial charge is 0.172 e. The number of rotatable bonds is 2. The van der Waals surface area contributed by atoms with Crippen LogP contribution in [0, 0.1) is 0 Å². The van der Waals surface area contributed by atoms with Gasteiger partial charge in [0, 0.05) is 5.56 Å². The molecule has 11 heavy (non-hydrogen) atoms. The minimum absolute atomic E-state index is 0. The molecule has 0 atom stereocenters. The van der Waals surface area contributed by atoms with Gasteiger partial charge in [-0.1, -0.05) is 30.3 Å². The Morgan fingerprint density at radius 2 is 1.82 bits per heavy atom. The van der Waals surface area contributed by atoms with Crippen LogP contribution in [-0.2, 0) is 0 Å². The first kappa shape index (κ1) is 10.7. The summed E-state index contributed by atoms with van der Waals surface area (Å²) in [4.78, 5) is 10.9. The van der Waals surface area contributed by atoms with E-state index in [1.54, 1.807) is 12.1 Å². The fourth-order valence-electron chi connectivity index (χ4n) is 0.715. The maximum absolute atomic E-state index is 10.9. The van der Waals surface area contributed by atoms with Crippen molar-refractivity contribution in [1.29, 1.82) is 0 Å². The van der Waals surface area contributed by atoms with Gasteiger partial charge in [-0.25, -0.2) is 0 Å². The van der Waals surface area contributed by atoms with Gasteiger partial charge in [0.05, 0.1) is 5.75 Å². The maximum atomic E-state index is 10.9. The van der Waals surface area contributed by atoms with Gasteiger partial charge >= 0.3 is 0 Å². The summed E-state index contributed by atoms with van der Waals surface area (Å²) in [5.74, 6) is 0.355. The van der Waals surface area contributed by atoms with E-state index in [4.69, 9.17) is 0 Å². The highest BCUT2D eigenvalue weighted by Gasteiger charge is 1.99. The van der Waals surface area contributed by atoms with Crippen molar-refractivity contribution < 1.29 is 4.79 Å². The van der Waals surface area contributed by atoms with Crippen molar-refractivity contribution in [2.75, 3.05) is 5.75 Å². The third-order valence-corrected chi connectivity index (χ3v) is 1.53. The van der Waals surface area contributed by atoms with Crippen LogP contribution in [-0.4, -0.2) is 11.5 Å². The Hall–Kier alpha value is -0.280. The van der Waals surface area contributed by atoms with E-state index in [9.17, 15) is 4.79 Å². The van der Waals surface area contributed by atoms with Crippen molar-refractivity contribution in [1.82, 2.24) is 0 Å². The normalized spacial score (nSPS) is 8.45. The lowest BCUT2D eigenvalue weighted by Gasteiger charge is -1.93. The number of carbonyl (C=O) groups excluding carboxylic acids is 1. The number of ketones is 1.